The second kappa shape index (κ2) is 7.42. The van der Waals surface area contributed by atoms with Gasteiger partial charge in [0, 0.05) is 28.1 Å². The van der Waals surface area contributed by atoms with Crippen molar-refractivity contribution in [1.82, 2.24) is 0 Å². The fraction of sp³-hybridized carbons (Fsp3) is 0.833. The largest absolute Gasteiger partial charge is 0.456 e. The number of methoxy groups -OCH3 is 2. The van der Waals surface area contributed by atoms with E-state index < -0.39 is 36.4 Å². The van der Waals surface area contributed by atoms with Crippen LogP contribution in [0.25, 0.3) is 0 Å². The van der Waals surface area contributed by atoms with Gasteiger partial charge < -0.3 is 23.7 Å². The maximum Gasteiger partial charge on any atom is 0.303 e. The quantitative estimate of drug-likeness (QED) is 0.649. The number of carbonyl (C=O) groups is 2. The van der Waals surface area contributed by atoms with Crippen LogP contribution in [0.3, 0.4) is 0 Å². The van der Waals surface area contributed by atoms with Crippen LogP contribution in [-0.2, 0) is 33.3 Å². The smallest absolute Gasteiger partial charge is 0.303 e. The number of hydrogen-bond acceptors (Lipinski definition) is 7. The number of esters is 2. The Morgan fingerprint density at radius 2 is 1.68 bits per heavy atom. The van der Waals surface area contributed by atoms with Crippen molar-refractivity contribution in [2.75, 3.05) is 27.4 Å². The molecule has 0 aliphatic carbocycles. The molecule has 0 N–H and O–H groups in total. The molecule has 1 aliphatic rings. The standard InChI is InChI=1S/C12H20O7/c1-7(13)18-11-9(16-4)6-17-10(5-15-3)12(11)19-8(2)14/h9-12H,5-6H2,1-4H3/t9-,10-,11+,12+/m1/s1. The lowest BCUT2D eigenvalue weighted by Gasteiger charge is -2.40. The molecular formula is C12H20O7. The minimum absolute atomic E-state index is 0.228. The number of ether oxygens (including phenoxy) is 5. The van der Waals surface area contributed by atoms with Crippen LogP contribution in [0.4, 0.5) is 0 Å². The first-order chi connectivity index (χ1) is 8.99. The average molecular weight is 276 g/mol. The van der Waals surface area contributed by atoms with E-state index in [0.717, 1.165) is 0 Å². The molecule has 0 aromatic carbocycles. The molecule has 1 fully saturated rings. The van der Waals surface area contributed by atoms with E-state index in [1.807, 2.05) is 0 Å². The van der Waals surface area contributed by atoms with E-state index >= 15 is 0 Å². The van der Waals surface area contributed by atoms with Gasteiger partial charge in [0.2, 0.25) is 0 Å². The Hall–Kier alpha value is -1.18. The molecule has 7 nitrogen and oxygen atoms in total. The summed E-state index contributed by atoms with van der Waals surface area (Å²) in [6, 6.07) is 0. The zero-order chi connectivity index (χ0) is 14.4. The van der Waals surface area contributed by atoms with Crippen LogP contribution in [0.1, 0.15) is 13.8 Å². The topological polar surface area (TPSA) is 80.3 Å². The zero-order valence-electron chi connectivity index (χ0n) is 11.6. The minimum Gasteiger partial charge on any atom is -0.456 e. The highest BCUT2D eigenvalue weighted by Crippen LogP contribution is 2.24. The highest BCUT2D eigenvalue weighted by atomic mass is 16.6. The van der Waals surface area contributed by atoms with E-state index in [0.29, 0.717) is 0 Å². The van der Waals surface area contributed by atoms with Crippen molar-refractivity contribution in [3.63, 3.8) is 0 Å². The van der Waals surface area contributed by atoms with Crippen LogP contribution in [0.2, 0.25) is 0 Å². The first-order valence-corrected chi connectivity index (χ1v) is 5.97. The second-order valence-corrected chi connectivity index (χ2v) is 4.25. The molecule has 4 atom stereocenters. The predicted octanol–water partition coefficient (Wildman–Crippen LogP) is -0.0900. The summed E-state index contributed by atoms with van der Waals surface area (Å²) in [6.45, 7) is 3.04. The normalized spacial score (nSPS) is 30.7. The predicted molar refractivity (Wildman–Crippen MR) is 63.5 cm³/mol. The van der Waals surface area contributed by atoms with Crippen molar-refractivity contribution in [2.24, 2.45) is 0 Å². The van der Waals surface area contributed by atoms with Gasteiger partial charge in [-0.25, -0.2) is 0 Å². The molecule has 19 heavy (non-hydrogen) atoms. The van der Waals surface area contributed by atoms with E-state index in [1.54, 1.807) is 0 Å². The van der Waals surface area contributed by atoms with E-state index in [9.17, 15) is 9.59 Å². The molecule has 0 spiro atoms. The van der Waals surface area contributed by atoms with Crippen molar-refractivity contribution >= 4 is 11.9 Å². The van der Waals surface area contributed by atoms with Gasteiger partial charge in [0.25, 0.3) is 0 Å². The number of hydrogen-bond donors (Lipinski definition) is 0. The van der Waals surface area contributed by atoms with E-state index in [-0.39, 0.29) is 13.2 Å². The number of rotatable bonds is 5. The molecule has 0 unspecified atom stereocenters. The second-order valence-electron chi connectivity index (χ2n) is 4.25. The van der Waals surface area contributed by atoms with Gasteiger partial charge in [0.15, 0.2) is 12.2 Å². The van der Waals surface area contributed by atoms with Crippen molar-refractivity contribution in [3.05, 3.63) is 0 Å². The molecule has 110 valence electrons. The molecule has 0 saturated carbocycles. The summed E-state index contributed by atoms with van der Waals surface area (Å²) in [5, 5.41) is 0. The van der Waals surface area contributed by atoms with Gasteiger partial charge in [-0.15, -0.1) is 0 Å². The Balaban J connectivity index is 2.89. The molecule has 0 bridgehead atoms. The summed E-state index contributed by atoms with van der Waals surface area (Å²) in [6.07, 6.45) is -2.44. The Morgan fingerprint density at radius 3 is 2.16 bits per heavy atom. The first-order valence-electron chi connectivity index (χ1n) is 5.97. The van der Waals surface area contributed by atoms with Gasteiger partial charge >= 0.3 is 11.9 Å². The SMILES string of the molecule is COC[C@H]1OC[C@@H](OC)[C@H](OC(C)=O)[C@H]1OC(C)=O. The zero-order valence-corrected chi connectivity index (χ0v) is 11.6. The maximum absolute atomic E-state index is 11.2. The van der Waals surface area contributed by atoms with Crippen LogP contribution in [0, 0.1) is 0 Å². The number of carbonyl (C=O) groups excluding carboxylic acids is 2. The Kier molecular flexibility index (Phi) is 6.20. The van der Waals surface area contributed by atoms with Crippen LogP contribution >= 0.6 is 0 Å². The molecular weight excluding hydrogens is 256 g/mol. The van der Waals surface area contributed by atoms with Crippen LogP contribution in [0.15, 0.2) is 0 Å². The molecule has 0 radical (unpaired) electrons. The monoisotopic (exact) mass is 276 g/mol. The minimum atomic E-state index is -0.750. The van der Waals surface area contributed by atoms with E-state index in [1.165, 1.54) is 28.1 Å². The molecule has 0 amide bonds. The van der Waals surface area contributed by atoms with Gasteiger partial charge in [0.05, 0.1) is 13.2 Å². The van der Waals surface area contributed by atoms with Crippen molar-refractivity contribution in [3.8, 4) is 0 Å². The molecule has 7 heteroatoms. The third kappa shape index (κ3) is 4.45. The lowest BCUT2D eigenvalue weighted by Crippen LogP contribution is -2.58. The maximum atomic E-state index is 11.2. The molecule has 0 aromatic heterocycles. The van der Waals surface area contributed by atoms with Gasteiger partial charge in [0.1, 0.15) is 12.2 Å². The summed E-state index contributed by atoms with van der Waals surface area (Å²) < 4.78 is 26.2. The summed E-state index contributed by atoms with van der Waals surface area (Å²) in [5.74, 6) is -0.953. The highest BCUT2D eigenvalue weighted by Gasteiger charge is 2.45. The van der Waals surface area contributed by atoms with E-state index in [2.05, 4.69) is 0 Å². The van der Waals surface area contributed by atoms with Gasteiger partial charge in [-0.1, -0.05) is 0 Å². The van der Waals surface area contributed by atoms with E-state index in [4.69, 9.17) is 23.7 Å². The lowest BCUT2D eigenvalue weighted by molar-refractivity contribution is -0.228. The Morgan fingerprint density at radius 1 is 1.11 bits per heavy atom. The van der Waals surface area contributed by atoms with Crippen molar-refractivity contribution in [1.29, 1.82) is 0 Å². The molecule has 0 aromatic rings. The van der Waals surface area contributed by atoms with Crippen molar-refractivity contribution in [2.45, 2.75) is 38.3 Å². The first kappa shape index (κ1) is 15.9. The average Bonchev–Trinajstić information content (AvgIpc) is 2.32. The van der Waals surface area contributed by atoms with Crippen LogP contribution in [0.5, 0.6) is 0 Å². The highest BCUT2D eigenvalue weighted by molar-refractivity contribution is 5.67. The third-order valence-corrected chi connectivity index (χ3v) is 2.77. The summed E-state index contributed by atoms with van der Waals surface area (Å²) in [5.41, 5.74) is 0. The van der Waals surface area contributed by atoms with Crippen molar-refractivity contribution < 1.29 is 33.3 Å². The fourth-order valence-electron chi connectivity index (χ4n) is 2.01. The Labute approximate surface area is 112 Å². The van der Waals surface area contributed by atoms with Gasteiger partial charge in [-0.3, -0.25) is 9.59 Å². The summed E-state index contributed by atoms with van der Waals surface area (Å²) in [4.78, 5) is 22.4. The molecule has 1 aliphatic heterocycles. The van der Waals surface area contributed by atoms with Crippen LogP contribution < -0.4 is 0 Å². The Bertz CT molecular complexity index is 317. The molecule has 1 rings (SSSR count). The summed E-state index contributed by atoms with van der Waals surface area (Å²) in [7, 11) is 2.99. The van der Waals surface area contributed by atoms with Gasteiger partial charge in [-0.05, 0) is 0 Å². The van der Waals surface area contributed by atoms with Crippen LogP contribution in [-0.4, -0.2) is 63.8 Å². The molecule has 1 saturated heterocycles. The molecule has 1 heterocycles. The summed E-state index contributed by atoms with van der Waals surface area (Å²) >= 11 is 0. The van der Waals surface area contributed by atoms with Gasteiger partial charge in [-0.2, -0.15) is 0 Å². The third-order valence-electron chi connectivity index (χ3n) is 2.77. The fourth-order valence-corrected chi connectivity index (χ4v) is 2.01. The lowest BCUT2D eigenvalue weighted by atomic mass is 9.99.